The molecule has 1 unspecified atom stereocenters. The lowest BCUT2D eigenvalue weighted by Crippen LogP contribution is -2.53. The van der Waals surface area contributed by atoms with Gasteiger partial charge in [-0.3, -0.25) is 4.79 Å². The van der Waals surface area contributed by atoms with Crippen LogP contribution in [0.15, 0.2) is 0 Å². The monoisotopic (exact) mass is 318 g/mol. The van der Waals surface area contributed by atoms with Crippen LogP contribution < -0.4 is 4.72 Å². The molecule has 2 aliphatic rings. The van der Waals surface area contributed by atoms with Crippen molar-refractivity contribution in [2.45, 2.75) is 57.9 Å². The summed E-state index contributed by atoms with van der Waals surface area (Å²) in [5, 5.41) is 9.38. The largest absolute Gasteiger partial charge is 0.480 e. The van der Waals surface area contributed by atoms with Crippen molar-refractivity contribution in [3.63, 3.8) is 0 Å². The van der Waals surface area contributed by atoms with Gasteiger partial charge in [0.2, 0.25) is 0 Å². The minimum absolute atomic E-state index is 0.0882. The maximum atomic E-state index is 12.4. The van der Waals surface area contributed by atoms with Gasteiger partial charge in [-0.25, -0.2) is 0 Å². The lowest BCUT2D eigenvalue weighted by Gasteiger charge is -2.33. The second-order valence-corrected chi connectivity index (χ2v) is 8.12. The standard InChI is InChI=1S/C14H26N2O4S/c1-11-7-9-16(10-8-11)21(19,20)15-13(14(17)18)12-5-3-2-4-6-12/h11-13,15H,2-10H2,1H3,(H,17,18). The maximum Gasteiger partial charge on any atom is 0.322 e. The number of rotatable bonds is 5. The first-order chi connectivity index (χ1) is 9.90. The van der Waals surface area contributed by atoms with E-state index in [0.29, 0.717) is 19.0 Å². The fourth-order valence-corrected chi connectivity index (χ4v) is 4.73. The Morgan fingerprint density at radius 2 is 1.71 bits per heavy atom. The molecule has 2 rings (SSSR count). The van der Waals surface area contributed by atoms with E-state index >= 15 is 0 Å². The molecular weight excluding hydrogens is 292 g/mol. The number of carboxylic acid groups (broad SMARTS) is 1. The average molecular weight is 318 g/mol. The summed E-state index contributed by atoms with van der Waals surface area (Å²) in [6.07, 6.45) is 6.33. The van der Waals surface area contributed by atoms with E-state index in [1.54, 1.807) is 0 Å². The van der Waals surface area contributed by atoms with Gasteiger partial charge in [-0.15, -0.1) is 0 Å². The SMILES string of the molecule is CC1CCN(S(=O)(=O)NC(C(=O)O)C2CCCCC2)CC1. The van der Waals surface area contributed by atoms with E-state index < -0.39 is 22.2 Å². The predicted octanol–water partition coefficient (Wildman–Crippen LogP) is 1.59. The van der Waals surface area contributed by atoms with Crippen molar-refractivity contribution >= 4 is 16.2 Å². The summed E-state index contributed by atoms with van der Waals surface area (Å²) in [7, 11) is -3.70. The van der Waals surface area contributed by atoms with E-state index in [0.717, 1.165) is 44.9 Å². The Kier molecular flexibility index (Phi) is 5.62. The molecule has 0 amide bonds. The number of carbonyl (C=O) groups is 1. The normalized spacial score (nSPS) is 24.8. The molecule has 21 heavy (non-hydrogen) atoms. The van der Waals surface area contributed by atoms with Crippen LogP contribution in [0.1, 0.15) is 51.9 Å². The number of aliphatic carboxylic acids is 1. The molecule has 1 saturated carbocycles. The second kappa shape index (κ2) is 7.07. The zero-order valence-electron chi connectivity index (χ0n) is 12.6. The molecule has 1 saturated heterocycles. The van der Waals surface area contributed by atoms with Crippen molar-refractivity contribution in [2.75, 3.05) is 13.1 Å². The van der Waals surface area contributed by atoms with Gasteiger partial charge in [0.1, 0.15) is 6.04 Å². The van der Waals surface area contributed by atoms with Crippen LogP contribution in [0.2, 0.25) is 0 Å². The molecule has 1 atom stereocenters. The van der Waals surface area contributed by atoms with Gasteiger partial charge in [0, 0.05) is 13.1 Å². The summed E-state index contributed by atoms with van der Waals surface area (Å²) in [6, 6.07) is -0.991. The first-order valence-corrected chi connectivity index (χ1v) is 9.34. The Hall–Kier alpha value is -0.660. The van der Waals surface area contributed by atoms with Crippen molar-refractivity contribution in [3.8, 4) is 0 Å². The van der Waals surface area contributed by atoms with Gasteiger partial charge in [-0.2, -0.15) is 17.4 Å². The summed E-state index contributed by atoms with van der Waals surface area (Å²) in [5.41, 5.74) is 0. The molecule has 0 radical (unpaired) electrons. The molecular formula is C14H26N2O4S. The van der Waals surface area contributed by atoms with Gasteiger partial charge in [-0.1, -0.05) is 26.2 Å². The minimum Gasteiger partial charge on any atom is -0.480 e. The molecule has 0 spiro atoms. The minimum atomic E-state index is -3.70. The van der Waals surface area contributed by atoms with E-state index in [4.69, 9.17) is 0 Å². The highest BCUT2D eigenvalue weighted by atomic mass is 32.2. The summed E-state index contributed by atoms with van der Waals surface area (Å²) >= 11 is 0. The maximum absolute atomic E-state index is 12.4. The zero-order chi connectivity index (χ0) is 15.5. The van der Waals surface area contributed by atoms with Crippen molar-refractivity contribution in [1.82, 2.24) is 9.03 Å². The quantitative estimate of drug-likeness (QED) is 0.806. The first-order valence-electron chi connectivity index (χ1n) is 7.90. The van der Waals surface area contributed by atoms with E-state index in [1.807, 2.05) is 0 Å². The highest BCUT2D eigenvalue weighted by Gasteiger charge is 2.35. The van der Waals surface area contributed by atoms with Crippen LogP contribution in [0, 0.1) is 11.8 Å². The van der Waals surface area contributed by atoms with Gasteiger partial charge in [-0.05, 0) is 37.5 Å². The van der Waals surface area contributed by atoms with Gasteiger partial charge in [0.05, 0.1) is 0 Å². The van der Waals surface area contributed by atoms with Crippen molar-refractivity contribution in [3.05, 3.63) is 0 Å². The summed E-state index contributed by atoms with van der Waals surface area (Å²) in [5.74, 6) is -0.615. The highest BCUT2D eigenvalue weighted by molar-refractivity contribution is 7.87. The van der Waals surface area contributed by atoms with Crippen molar-refractivity contribution < 1.29 is 18.3 Å². The topological polar surface area (TPSA) is 86.7 Å². The third-order valence-corrected chi connectivity index (χ3v) is 6.34. The molecule has 0 aromatic rings. The number of piperidine rings is 1. The molecule has 0 aromatic heterocycles. The molecule has 7 heteroatoms. The Morgan fingerprint density at radius 1 is 1.14 bits per heavy atom. The molecule has 6 nitrogen and oxygen atoms in total. The summed E-state index contributed by atoms with van der Waals surface area (Å²) in [4.78, 5) is 11.5. The van der Waals surface area contributed by atoms with E-state index in [2.05, 4.69) is 11.6 Å². The molecule has 2 fully saturated rings. The first kappa shape index (κ1) is 16.7. The smallest absolute Gasteiger partial charge is 0.322 e. The number of nitrogens with zero attached hydrogens (tertiary/aromatic N) is 1. The van der Waals surface area contributed by atoms with Gasteiger partial charge in [0.15, 0.2) is 0 Å². The van der Waals surface area contributed by atoms with Crippen molar-refractivity contribution in [1.29, 1.82) is 0 Å². The number of carboxylic acids is 1. The van der Waals surface area contributed by atoms with Crippen LogP contribution in [0.3, 0.4) is 0 Å². The van der Waals surface area contributed by atoms with E-state index in [9.17, 15) is 18.3 Å². The van der Waals surface area contributed by atoms with Crippen LogP contribution in [0.5, 0.6) is 0 Å². The third kappa shape index (κ3) is 4.40. The van der Waals surface area contributed by atoms with Gasteiger partial charge < -0.3 is 5.11 Å². The zero-order valence-corrected chi connectivity index (χ0v) is 13.4. The fraction of sp³-hybridized carbons (Fsp3) is 0.929. The molecule has 0 aromatic carbocycles. The predicted molar refractivity (Wildman–Crippen MR) is 80.0 cm³/mol. The Labute approximate surface area is 127 Å². The van der Waals surface area contributed by atoms with Gasteiger partial charge in [0.25, 0.3) is 10.2 Å². The van der Waals surface area contributed by atoms with Crippen molar-refractivity contribution in [2.24, 2.45) is 11.8 Å². The molecule has 2 N–H and O–H groups in total. The third-order valence-electron chi connectivity index (χ3n) is 4.75. The Bertz CT molecular complexity index is 452. The molecule has 1 heterocycles. The van der Waals surface area contributed by atoms with Crippen LogP contribution in [0.4, 0.5) is 0 Å². The average Bonchev–Trinajstić information content (AvgIpc) is 2.46. The highest BCUT2D eigenvalue weighted by Crippen LogP contribution is 2.27. The molecule has 1 aliphatic heterocycles. The molecule has 0 bridgehead atoms. The summed E-state index contributed by atoms with van der Waals surface area (Å²) < 4.78 is 28.6. The number of nitrogens with one attached hydrogen (secondary N) is 1. The lowest BCUT2D eigenvalue weighted by atomic mass is 9.84. The van der Waals surface area contributed by atoms with Crippen LogP contribution >= 0.6 is 0 Å². The van der Waals surface area contributed by atoms with Crippen LogP contribution in [-0.4, -0.2) is 42.9 Å². The Balaban J connectivity index is 2.02. The molecule has 1 aliphatic carbocycles. The summed E-state index contributed by atoms with van der Waals surface area (Å²) in [6.45, 7) is 3.07. The lowest BCUT2D eigenvalue weighted by molar-refractivity contribution is -0.140. The van der Waals surface area contributed by atoms with E-state index in [-0.39, 0.29) is 5.92 Å². The second-order valence-electron chi connectivity index (χ2n) is 6.42. The Morgan fingerprint density at radius 3 is 2.24 bits per heavy atom. The van der Waals surface area contributed by atoms with Crippen LogP contribution in [0.25, 0.3) is 0 Å². The number of hydrogen-bond acceptors (Lipinski definition) is 3. The van der Waals surface area contributed by atoms with Crippen LogP contribution in [-0.2, 0) is 15.0 Å². The molecule has 122 valence electrons. The van der Waals surface area contributed by atoms with E-state index in [1.165, 1.54) is 4.31 Å². The number of hydrogen-bond donors (Lipinski definition) is 2. The van der Waals surface area contributed by atoms with Gasteiger partial charge >= 0.3 is 5.97 Å². The fourth-order valence-electron chi connectivity index (χ4n) is 3.28.